The van der Waals surface area contributed by atoms with Crippen molar-refractivity contribution in [2.75, 3.05) is 53.4 Å². The van der Waals surface area contributed by atoms with Crippen molar-refractivity contribution in [2.45, 2.75) is 12.5 Å². The zero-order valence-corrected chi connectivity index (χ0v) is 13.2. The largest absolute Gasteiger partial charge is 0.491 e. The molecule has 0 saturated carbocycles. The molecule has 22 heavy (non-hydrogen) atoms. The molecule has 0 heterocycles. The normalized spacial score (nSPS) is 12.3. The summed E-state index contributed by atoms with van der Waals surface area (Å²) < 4.78 is 21.1. The molecule has 1 aromatic carbocycles. The number of methoxy groups -OCH3 is 1. The van der Waals surface area contributed by atoms with Crippen LogP contribution in [0.4, 0.5) is 0 Å². The Morgan fingerprint density at radius 2 is 1.55 bits per heavy atom. The molecule has 6 heteroatoms. The average molecular weight is 313 g/mol. The Kier molecular flexibility index (Phi) is 10.6. The Morgan fingerprint density at radius 3 is 2.14 bits per heavy atom. The summed E-state index contributed by atoms with van der Waals surface area (Å²) in [6.07, 6.45) is 0.656. The third-order valence-electron chi connectivity index (χ3n) is 2.96. The van der Waals surface area contributed by atoms with E-state index in [4.69, 9.17) is 29.8 Å². The summed E-state index contributed by atoms with van der Waals surface area (Å²) in [5, 5.41) is 8.92. The van der Waals surface area contributed by atoms with Crippen molar-refractivity contribution in [3.05, 3.63) is 29.8 Å². The van der Waals surface area contributed by atoms with Crippen LogP contribution in [0.3, 0.4) is 0 Å². The van der Waals surface area contributed by atoms with E-state index in [1.165, 1.54) is 0 Å². The van der Waals surface area contributed by atoms with E-state index in [0.29, 0.717) is 46.1 Å². The minimum atomic E-state index is -0.216. The monoisotopic (exact) mass is 313 g/mol. The minimum absolute atomic E-state index is 0.00915. The first-order valence-electron chi connectivity index (χ1n) is 7.49. The van der Waals surface area contributed by atoms with Gasteiger partial charge in [0.25, 0.3) is 0 Å². The summed E-state index contributed by atoms with van der Waals surface area (Å²) in [4.78, 5) is 0. The lowest BCUT2D eigenvalue weighted by Gasteiger charge is -2.10. The van der Waals surface area contributed by atoms with Crippen LogP contribution in [0.5, 0.6) is 5.75 Å². The molecule has 0 unspecified atom stereocenters. The van der Waals surface area contributed by atoms with Gasteiger partial charge in [-0.15, -0.1) is 0 Å². The summed E-state index contributed by atoms with van der Waals surface area (Å²) in [6, 6.07) is 7.48. The van der Waals surface area contributed by atoms with Crippen molar-refractivity contribution >= 4 is 0 Å². The molecule has 0 fully saturated rings. The number of hydrogen-bond donors (Lipinski definition) is 2. The second-order valence-corrected chi connectivity index (χ2v) is 4.86. The maximum Gasteiger partial charge on any atom is 0.119 e. The zero-order valence-electron chi connectivity index (χ0n) is 13.2. The fraction of sp³-hybridized carbons (Fsp3) is 0.625. The number of benzene rings is 1. The van der Waals surface area contributed by atoms with E-state index >= 15 is 0 Å². The van der Waals surface area contributed by atoms with Gasteiger partial charge >= 0.3 is 0 Å². The van der Waals surface area contributed by atoms with E-state index in [9.17, 15) is 0 Å². The first-order chi connectivity index (χ1) is 10.8. The summed E-state index contributed by atoms with van der Waals surface area (Å²) in [5.41, 5.74) is 6.77. The van der Waals surface area contributed by atoms with Gasteiger partial charge < -0.3 is 29.8 Å². The third-order valence-corrected chi connectivity index (χ3v) is 2.96. The molecule has 0 aliphatic heterocycles. The third kappa shape index (κ3) is 8.96. The molecule has 126 valence electrons. The fourth-order valence-electron chi connectivity index (χ4n) is 1.77. The molecule has 0 aliphatic carbocycles. The van der Waals surface area contributed by atoms with Gasteiger partial charge in [-0.3, -0.25) is 0 Å². The smallest absolute Gasteiger partial charge is 0.119 e. The summed E-state index contributed by atoms with van der Waals surface area (Å²) in [7, 11) is 1.64. The SMILES string of the molecule is COCCOCCOCCOc1ccc(C[C@H](N)CO)cc1. The number of rotatable bonds is 13. The predicted molar refractivity (Wildman–Crippen MR) is 84.2 cm³/mol. The van der Waals surface area contributed by atoms with Gasteiger partial charge in [0, 0.05) is 13.2 Å². The Bertz CT molecular complexity index is 371. The number of nitrogens with two attached hydrogens (primary N) is 1. The second-order valence-electron chi connectivity index (χ2n) is 4.86. The van der Waals surface area contributed by atoms with Crippen molar-refractivity contribution < 1.29 is 24.1 Å². The van der Waals surface area contributed by atoms with Gasteiger partial charge in [-0.05, 0) is 24.1 Å². The van der Waals surface area contributed by atoms with Crippen LogP contribution in [0.15, 0.2) is 24.3 Å². The minimum Gasteiger partial charge on any atom is -0.491 e. The average Bonchev–Trinajstić information content (AvgIpc) is 2.54. The van der Waals surface area contributed by atoms with Crippen molar-refractivity contribution in [3.8, 4) is 5.75 Å². The molecule has 1 aromatic rings. The van der Waals surface area contributed by atoms with E-state index < -0.39 is 0 Å². The highest BCUT2D eigenvalue weighted by Gasteiger charge is 2.02. The molecule has 6 nitrogen and oxygen atoms in total. The van der Waals surface area contributed by atoms with E-state index in [1.807, 2.05) is 24.3 Å². The van der Waals surface area contributed by atoms with E-state index in [2.05, 4.69) is 0 Å². The molecule has 0 saturated heterocycles. The van der Waals surface area contributed by atoms with Crippen molar-refractivity contribution in [2.24, 2.45) is 5.73 Å². The first kappa shape index (κ1) is 18.9. The van der Waals surface area contributed by atoms with Crippen molar-refractivity contribution in [3.63, 3.8) is 0 Å². The highest BCUT2D eigenvalue weighted by atomic mass is 16.6. The topological polar surface area (TPSA) is 83.2 Å². The van der Waals surface area contributed by atoms with Crippen molar-refractivity contribution in [1.82, 2.24) is 0 Å². The molecular formula is C16H27NO5. The lowest BCUT2D eigenvalue weighted by atomic mass is 10.1. The summed E-state index contributed by atoms with van der Waals surface area (Å²) in [5.74, 6) is 0.793. The molecule has 0 aliphatic rings. The lowest BCUT2D eigenvalue weighted by Crippen LogP contribution is -2.26. The number of aliphatic hydroxyl groups is 1. The first-order valence-corrected chi connectivity index (χ1v) is 7.49. The molecule has 0 spiro atoms. The Morgan fingerprint density at radius 1 is 0.955 bits per heavy atom. The van der Waals surface area contributed by atoms with Gasteiger partial charge in [-0.1, -0.05) is 12.1 Å². The quantitative estimate of drug-likeness (QED) is 0.519. The molecule has 1 atom stereocenters. The van der Waals surface area contributed by atoms with Crippen LogP contribution in [0.1, 0.15) is 5.56 Å². The maximum atomic E-state index is 8.92. The number of aliphatic hydroxyl groups excluding tert-OH is 1. The molecule has 0 aromatic heterocycles. The maximum absolute atomic E-state index is 8.92. The molecule has 3 N–H and O–H groups in total. The summed E-state index contributed by atoms with van der Waals surface area (Å²) in [6.45, 7) is 3.29. The van der Waals surface area contributed by atoms with Gasteiger partial charge in [0.15, 0.2) is 0 Å². The van der Waals surface area contributed by atoms with Crippen LogP contribution in [0, 0.1) is 0 Å². The van der Waals surface area contributed by atoms with E-state index in [0.717, 1.165) is 11.3 Å². The number of hydrogen-bond acceptors (Lipinski definition) is 6. The predicted octanol–water partition coefficient (Wildman–Crippen LogP) is 0.607. The zero-order chi connectivity index (χ0) is 16.0. The van der Waals surface area contributed by atoms with Gasteiger partial charge in [0.1, 0.15) is 12.4 Å². The standard InChI is InChI=1S/C16H27NO5/c1-19-6-7-20-8-9-21-10-11-22-16-4-2-14(3-5-16)12-15(17)13-18/h2-5,15,18H,6-13,17H2,1H3/t15-/m0/s1. The van der Waals surface area contributed by atoms with Gasteiger partial charge in [0.05, 0.1) is 39.6 Å². The Hall–Kier alpha value is -1.18. The highest BCUT2D eigenvalue weighted by molar-refractivity contribution is 5.27. The fourth-order valence-corrected chi connectivity index (χ4v) is 1.77. The molecule has 0 amide bonds. The van der Waals surface area contributed by atoms with Crippen LogP contribution in [0.2, 0.25) is 0 Å². The van der Waals surface area contributed by atoms with E-state index in [-0.39, 0.29) is 12.6 Å². The molecular weight excluding hydrogens is 286 g/mol. The second kappa shape index (κ2) is 12.4. The van der Waals surface area contributed by atoms with Gasteiger partial charge in [-0.2, -0.15) is 0 Å². The van der Waals surface area contributed by atoms with E-state index in [1.54, 1.807) is 7.11 Å². The highest BCUT2D eigenvalue weighted by Crippen LogP contribution is 2.13. The lowest BCUT2D eigenvalue weighted by molar-refractivity contribution is 0.0180. The van der Waals surface area contributed by atoms with Crippen LogP contribution in [-0.4, -0.2) is 64.5 Å². The van der Waals surface area contributed by atoms with Crippen molar-refractivity contribution in [1.29, 1.82) is 0 Å². The van der Waals surface area contributed by atoms with Crippen LogP contribution in [0.25, 0.3) is 0 Å². The molecule has 0 radical (unpaired) electrons. The van der Waals surface area contributed by atoms with Crippen LogP contribution < -0.4 is 10.5 Å². The van der Waals surface area contributed by atoms with Gasteiger partial charge in [0.2, 0.25) is 0 Å². The molecule has 1 rings (SSSR count). The number of ether oxygens (including phenoxy) is 4. The van der Waals surface area contributed by atoms with Crippen LogP contribution in [-0.2, 0) is 20.6 Å². The Balaban J connectivity index is 2.05. The molecule has 0 bridgehead atoms. The van der Waals surface area contributed by atoms with Gasteiger partial charge in [-0.25, -0.2) is 0 Å². The Labute approximate surface area is 132 Å². The van der Waals surface area contributed by atoms with Crippen LogP contribution >= 0.6 is 0 Å². The summed E-state index contributed by atoms with van der Waals surface area (Å²) >= 11 is 0.